The van der Waals surface area contributed by atoms with Crippen LogP contribution in [0.25, 0.3) is 0 Å². The van der Waals surface area contributed by atoms with Crippen LogP contribution in [0.5, 0.6) is 0 Å². The third kappa shape index (κ3) is 1.85. The zero-order valence-corrected chi connectivity index (χ0v) is 7.02. The van der Waals surface area contributed by atoms with Crippen molar-refractivity contribution >= 4 is 5.91 Å². The molecule has 13 heavy (non-hydrogen) atoms. The summed E-state index contributed by atoms with van der Waals surface area (Å²) in [5.41, 5.74) is -0.0291. The van der Waals surface area contributed by atoms with Gasteiger partial charge in [-0.2, -0.15) is 5.10 Å². The minimum atomic E-state index is -0.644. The van der Waals surface area contributed by atoms with Crippen molar-refractivity contribution in [3.05, 3.63) is 17.2 Å². The highest BCUT2D eigenvalue weighted by Crippen LogP contribution is 2.06. The summed E-state index contributed by atoms with van der Waals surface area (Å²) in [6, 6.07) is 0. The van der Waals surface area contributed by atoms with Gasteiger partial charge in [-0.05, 0) is 6.92 Å². The number of aromatic amines is 1. The number of nitrogens with zero attached hydrogens (tertiary/aromatic N) is 1. The molecule has 1 rings (SSSR count). The van der Waals surface area contributed by atoms with Gasteiger partial charge in [0.25, 0.3) is 5.91 Å². The summed E-state index contributed by atoms with van der Waals surface area (Å²) in [5.74, 6) is 0.947. The van der Waals surface area contributed by atoms with E-state index >= 15 is 0 Å². The highest BCUT2D eigenvalue weighted by atomic mass is 19.1. The Bertz CT molecular complexity index is 364. The van der Waals surface area contributed by atoms with Gasteiger partial charge in [-0.25, -0.2) is 4.39 Å². The average molecular weight is 181 g/mol. The zero-order chi connectivity index (χ0) is 9.84. The van der Waals surface area contributed by atoms with Crippen LogP contribution in [-0.2, 0) is 0 Å². The van der Waals surface area contributed by atoms with E-state index in [1.807, 2.05) is 0 Å². The molecule has 1 aromatic heterocycles. The van der Waals surface area contributed by atoms with Crippen molar-refractivity contribution in [1.82, 2.24) is 15.5 Å². The number of aryl methyl sites for hydroxylation is 1. The van der Waals surface area contributed by atoms with Crippen LogP contribution in [0.3, 0.4) is 0 Å². The molecule has 1 heterocycles. The fraction of sp³-hybridized carbons (Fsp3) is 0.250. The van der Waals surface area contributed by atoms with Gasteiger partial charge in [0.05, 0.1) is 12.2 Å². The first-order valence-corrected chi connectivity index (χ1v) is 3.59. The molecule has 0 fully saturated rings. The summed E-state index contributed by atoms with van der Waals surface area (Å²) in [5, 5.41) is 8.15. The van der Waals surface area contributed by atoms with Crippen LogP contribution in [-0.4, -0.2) is 22.6 Å². The molecule has 68 valence electrons. The minimum absolute atomic E-state index is 0.0597. The number of hydrogen-bond donors (Lipinski definition) is 2. The Balaban J connectivity index is 2.78. The molecule has 0 aliphatic carbocycles. The summed E-state index contributed by atoms with van der Waals surface area (Å²) in [6.45, 7) is 1.55. The first kappa shape index (κ1) is 9.26. The van der Waals surface area contributed by atoms with Gasteiger partial charge in [-0.15, -0.1) is 6.42 Å². The quantitative estimate of drug-likeness (QED) is 0.641. The van der Waals surface area contributed by atoms with Crippen LogP contribution in [0.4, 0.5) is 4.39 Å². The van der Waals surface area contributed by atoms with E-state index in [4.69, 9.17) is 6.42 Å². The number of carbonyl (C=O) groups is 1. The van der Waals surface area contributed by atoms with Gasteiger partial charge in [-0.1, -0.05) is 5.92 Å². The Kier molecular flexibility index (Phi) is 2.65. The van der Waals surface area contributed by atoms with Crippen LogP contribution in [0.1, 0.15) is 16.2 Å². The standard InChI is InChI=1S/C8H8FN3O/c1-3-4-10-8(13)7-6(9)5(2)11-12-7/h1H,4H2,2H3,(H,10,13)(H,11,12). The summed E-state index contributed by atoms with van der Waals surface area (Å²) < 4.78 is 13.0. The lowest BCUT2D eigenvalue weighted by Crippen LogP contribution is -2.24. The number of rotatable bonds is 2. The van der Waals surface area contributed by atoms with E-state index in [1.54, 1.807) is 0 Å². The molecule has 1 amide bonds. The molecule has 0 bridgehead atoms. The molecule has 0 saturated heterocycles. The molecule has 1 aromatic rings. The molecule has 5 heteroatoms. The Morgan fingerprint density at radius 3 is 3.00 bits per heavy atom. The van der Waals surface area contributed by atoms with E-state index in [9.17, 15) is 9.18 Å². The lowest BCUT2D eigenvalue weighted by Gasteiger charge is -1.96. The van der Waals surface area contributed by atoms with Crippen LogP contribution in [0.2, 0.25) is 0 Å². The molecule has 0 saturated carbocycles. The summed E-state index contributed by atoms with van der Waals surface area (Å²) in [7, 11) is 0. The maximum Gasteiger partial charge on any atom is 0.275 e. The smallest absolute Gasteiger partial charge is 0.275 e. The predicted molar refractivity (Wildman–Crippen MR) is 44.4 cm³/mol. The number of nitrogens with one attached hydrogen (secondary N) is 2. The van der Waals surface area contributed by atoms with Gasteiger partial charge in [-0.3, -0.25) is 9.89 Å². The average Bonchev–Trinajstić information content (AvgIpc) is 2.44. The molecule has 0 aliphatic heterocycles. The Hall–Kier alpha value is -1.83. The molecule has 0 radical (unpaired) electrons. The van der Waals surface area contributed by atoms with Crippen LogP contribution < -0.4 is 5.32 Å². The number of amides is 1. The van der Waals surface area contributed by atoms with Gasteiger partial charge in [0.2, 0.25) is 0 Å². The molecule has 0 aromatic carbocycles. The Labute approximate surface area is 74.5 Å². The van der Waals surface area contributed by atoms with Gasteiger partial charge < -0.3 is 5.32 Å². The lowest BCUT2D eigenvalue weighted by atomic mass is 10.3. The van der Waals surface area contributed by atoms with Gasteiger partial charge >= 0.3 is 0 Å². The highest BCUT2D eigenvalue weighted by Gasteiger charge is 2.16. The van der Waals surface area contributed by atoms with E-state index in [1.165, 1.54) is 6.92 Å². The summed E-state index contributed by atoms with van der Waals surface area (Å²) in [6.07, 6.45) is 4.91. The van der Waals surface area contributed by atoms with Gasteiger partial charge in [0.15, 0.2) is 11.5 Å². The van der Waals surface area contributed by atoms with Crippen molar-refractivity contribution in [1.29, 1.82) is 0 Å². The van der Waals surface area contributed by atoms with Crippen molar-refractivity contribution in [3.8, 4) is 12.3 Å². The Morgan fingerprint density at radius 1 is 1.85 bits per heavy atom. The molecule has 0 aliphatic rings. The second-order valence-corrected chi connectivity index (χ2v) is 2.40. The van der Waals surface area contributed by atoms with Crippen LogP contribution >= 0.6 is 0 Å². The largest absolute Gasteiger partial charge is 0.340 e. The summed E-state index contributed by atoms with van der Waals surface area (Å²) in [4.78, 5) is 11.1. The fourth-order valence-corrected chi connectivity index (χ4v) is 0.781. The van der Waals surface area contributed by atoms with E-state index < -0.39 is 11.7 Å². The third-order valence-electron chi connectivity index (χ3n) is 1.44. The lowest BCUT2D eigenvalue weighted by molar-refractivity contribution is 0.0949. The molecule has 2 N–H and O–H groups in total. The first-order valence-electron chi connectivity index (χ1n) is 3.59. The van der Waals surface area contributed by atoms with E-state index in [-0.39, 0.29) is 17.9 Å². The minimum Gasteiger partial charge on any atom is -0.340 e. The van der Waals surface area contributed by atoms with Crippen molar-refractivity contribution in [3.63, 3.8) is 0 Å². The van der Waals surface area contributed by atoms with Crippen molar-refractivity contribution in [2.24, 2.45) is 0 Å². The molecule has 4 nitrogen and oxygen atoms in total. The zero-order valence-electron chi connectivity index (χ0n) is 7.02. The number of hydrogen-bond acceptors (Lipinski definition) is 2. The van der Waals surface area contributed by atoms with Gasteiger partial charge in [0, 0.05) is 0 Å². The second-order valence-electron chi connectivity index (χ2n) is 2.40. The van der Waals surface area contributed by atoms with E-state index in [2.05, 4.69) is 21.4 Å². The number of H-pyrrole nitrogens is 1. The molecule has 0 unspecified atom stereocenters. The normalized spacial score (nSPS) is 9.31. The second kappa shape index (κ2) is 3.72. The monoisotopic (exact) mass is 181 g/mol. The van der Waals surface area contributed by atoms with E-state index in [0.717, 1.165) is 0 Å². The third-order valence-corrected chi connectivity index (χ3v) is 1.44. The number of halogens is 1. The topological polar surface area (TPSA) is 57.8 Å². The SMILES string of the molecule is C#CCNC(=O)c1n[nH]c(C)c1F. The number of aromatic nitrogens is 2. The first-order chi connectivity index (χ1) is 6.16. The molecule has 0 atom stereocenters. The fourth-order valence-electron chi connectivity index (χ4n) is 0.781. The summed E-state index contributed by atoms with van der Waals surface area (Å²) >= 11 is 0. The molecular weight excluding hydrogens is 173 g/mol. The maximum absolute atomic E-state index is 13.0. The maximum atomic E-state index is 13.0. The molecule has 0 spiro atoms. The van der Waals surface area contributed by atoms with Gasteiger partial charge in [0.1, 0.15) is 0 Å². The predicted octanol–water partition coefficient (Wildman–Crippen LogP) is 0.220. The van der Waals surface area contributed by atoms with Crippen LogP contribution in [0, 0.1) is 25.1 Å². The number of carbonyl (C=O) groups excluding carboxylic acids is 1. The van der Waals surface area contributed by atoms with Crippen molar-refractivity contribution < 1.29 is 9.18 Å². The number of terminal acetylenes is 1. The Morgan fingerprint density at radius 2 is 2.54 bits per heavy atom. The van der Waals surface area contributed by atoms with Crippen molar-refractivity contribution in [2.75, 3.05) is 6.54 Å². The molecular formula is C8H8FN3O. The highest BCUT2D eigenvalue weighted by molar-refractivity contribution is 5.92. The van der Waals surface area contributed by atoms with Crippen molar-refractivity contribution in [2.45, 2.75) is 6.92 Å². The van der Waals surface area contributed by atoms with E-state index in [0.29, 0.717) is 0 Å². The van der Waals surface area contributed by atoms with Crippen LogP contribution in [0.15, 0.2) is 0 Å².